The van der Waals surface area contributed by atoms with E-state index in [0.717, 1.165) is 5.56 Å². The van der Waals surface area contributed by atoms with Gasteiger partial charge in [-0.15, -0.1) is 0 Å². The molecule has 0 saturated heterocycles. The Kier molecular flexibility index (Phi) is 7.20. The fraction of sp³-hybridized carbons (Fsp3) is 0.400. The van der Waals surface area contributed by atoms with Gasteiger partial charge in [-0.1, -0.05) is 30.3 Å². The van der Waals surface area contributed by atoms with Gasteiger partial charge >= 0.3 is 0 Å². The monoisotopic (exact) mass is 184 g/mol. The fourth-order valence-corrected chi connectivity index (χ4v) is 0.732. The van der Waals surface area contributed by atoms with Crippen LogP contribution in [0.3, 0.4) is 0 Å². The van der Waals surface area contributed by atoms with Gasteiger partial charge in [0.25, 0.3) is 0 Å². The summed E-state index contributed by atoms with van der Waals surface area (Å²) in [5.74, 6) is 0. The lowest BCUT2D eigenvalue weighted by Gasteiger charge is -2.00. The first-order valence-electron chi connectivity index (χ1n) is 4.17. The molecule has 0 amide bonds. The second kappa shape index (κ2) is 7.73. The first kappa shape index (κ1) is 12.1. The highest BCUT2D eigenvalue weighted by atomic mass is 16.3. The summed E-state index contributed by atoms with van der Waals surface area (Å²) in [6.07, 6.45) is -0.341. The van der Waals surface area contributed by atoms with Crippen LogP contribution in [-0.2, 0) is 0 Å². The quantitative estimate of drug-likeness (QED) is 0.634. The normalized spacial score (nSPS) is 11.4. The second-order valence-corrected chi connectivity index (χ2v) is 2.53. The molecule has 0 heterocycles. The van der Waals surface area contributed by atoms with Crippen LogP contribution in [0.4, 0.5) is 0 Å². The maximum absolute atomic E-state index is 9.02. The van der Waals surface area contributed by atoms with Gasteiger partial charge < -0.3 is 15.3 Å². The summed E-state index contributed by atoms with van der Waals surface area (Å²) in [6.45, 7) is 1.51. The molecule has 13 heavy (non-hydrogen) atoms. The first-order valence-corrected chi connectivity index (χ1v) is 4.17. The van der Waals surface area contributed by atoms with Gasteiger partial charge in [-0.3, -0.25) is 0 Å². The Morgan fingerprint density at radius 3 is 1.77 bits per heavy atom. The Hall–Kier alpha value is -0.900. The van der Waals surface area contributed by atoms with Gasteiger partial charge in [0.05, 0.1) is 19.3 Å². The minimum absolute atomic E-state index is 0.125. The Bertz CT molecular complexity index is 195. The van der Waals surface area contributed by atoms with Crippen molar-refractivity contribution in [2.24, 2.45) is 0 Å². The molecule has 74 valence electrons. The summed E-state index contributed by atoms with van der Waals surface area (Å²) in [4.78, 5) is 0. The van der Waals surface area contributed by atoms with Gasteiger partial charge in [-0.2, -0.15) is 0 Å². The number of aliphatic hydroxyl groups is 3. The van der Waals surface area contributed by atoms with E-state index in [4.69, 9.17) is 15.3 Å². The van der Waals surface area contributed by atoms with Gasteiger partial charge in [0.15, 0.2) is 0 Å². The van der Waals surface area contributed by atoms with Gasteiger partial charge in [0.2, 0.25) is 0 Å². The Balaban J connectivity index is 0.000000310. The number of hydrogen-bond donors (Lipinski definition) is 3. The van der Waals surface area contributed by atoms with Crippen molar-refractivity contribution >= 4 is 0 Å². The summed E-state index contributed by atoms with van der Waals surface area (Å²) >= 11 is 0. The van der Waals surface area contributed by atoms with E-state index in [2.05, 4.69) is 0 Å². The lowest BCUT2D eigenvalue weighted by Crippen LogP contribution is -1.87. The zero-order chi connectivity index (χ0) is 10.1. The van der Waals surface area contributed by atoms with Crippen LogP contribution < -0.4 is 0 Å². The molecule has 0 spiro atoms. The first-order chi connectivity index (χ1) is 6.22. The number of rotatable bonds is 2. The van der Waals surface area contributed by atoms with Crippen molar-refractivity contribution in [1.29, 1.82) is 0 Å². The smallest absolute Gasteiger partial charge is 0.0761 e. The van der Waals surface area contributed by atoms with Crippen LogP contribution in [0.1, 0.15) is 18.6 Å². The molecule has 0 aliphatic carbocycles. The molecule has 1 aromatic carbocycles. The molecular weight excluding hydrogens is 168 g/mol. The van der Waals surface area contributed by atoms with E-state index in [1.165, 1.54) is 0 Å². The average Bonchev–Trinajstić information content (AvgIpc) is 2.19. The maximum atomic E-state index is 9.02. The fourth-order valence-electron chi connectivity index (χ4n) is 0.732. The van der Waals surface area contributed by atoms with E-state index in [-0.39, 0.29) is 19.3 Å². The van der Waals surface area contributed by atoms with Gasteiger partial charge in [0.1, 0.15) is 0 Å². The maximum Gasteiger partial charge on any atom is 0.0761 e. The third kappa shape index (κ3) is 6.28. The van der Waals surface area contributed by atoms with Crippen LogP contribution in [0, 0.1) is 0 Å². The highest BCUT2D eigenvalue weighted by Gasteiger charge is 1.95. The topological polar surface area (TPSA) is 60.7 Å². The average molecular weight is 184 g/mol. The zero-order valence-corrected chi connectivity index (χ0v) is 7.72. The Labute approximate surface area is 78.3 Å². The summed E-state index contributed by atoms with van der Waals surface area (Å²) in [5.41, 5.74) is 0.970. The van der Waals surface area contributed by atoms with Crippen molar-refractivity contribution in [2.75, 3.05) is 13.2 Å². The predicted octanol–water partition coefficient (Wildman–Crippen LogP) is 0.711. The van der Waals surface area contributed by atoms with Crippen molar-refractivity contribution in [1.82, 2.24) is 0 Å². The van der Waals surface area contributed by atoms with Crippen molar-refractivity contribution in [3.63, 3.8) is 0 Å². The van der Waals surface area contributed by atoms with Gasteiger partial charge in [-0.25, -0.2) is 0 Å². The highest BCUT2D eigenvalue weighted by molar-refractivity contribution is 5.16. The van der Waals surface area contributed by atoms with E-state index in [1.54, 1.807) is 6.92 Å². The molecule has 1 atom stereocenters. The zero-order valence-electron chi connectivity index (χ0n) is 7.72. The van der Waals surface area contributed by atoms with E-state index in [0.29, 0.717) is 0 Å². The summed E-state index contributed by atoms with van der Waals surface area (Å²) < 4.78 is 0. The van der Waals surface area contributed by atoms with Crippen LogP contribution in [-0.4, -0.2) is 28.5 Å². The molecule has 1 unspecified atom stereocenters. The lowest BCUT2D eigenvalue weighted by molar-refractivity contribution is 0.186. The van der Waals surface area contributed by atoms with Crippen molar-refractivity contribution in [3.8, 4) is 0 Å². The standard InChI is InChI=1S/C8H10O.C2H6O2/c1-7(9)8-5-3-2-4-6-8;3-1-2-4/h2-7,9H,1H3;3-4H,1-2H2. The molecule has 0 radical (unpaired) electrons. The Morgan fingerprint density at radius 1 is 1.08 bits per heavy atom. The molecular formula is C10H16O3. The highest BCUT2D eigenvalue weighted by Crippen LogP contribution is 2.08. The minimum Gasteiger partial charge on any atom is -0.394 e. The van der Waals surface area contributed by atoms with Crippen molar-refractivity contribution < 1.29 is 15.3 Å². The lowest BCUT2D eigenvalue weighted by atomic mass is 10.1. The summed E-state index contributed by atoms with van der Waals surface area (Å²) in [7, 11) is 0. The van der Waals surface area contributed by atoms with Crippen LogP contribution in [0.2, 0.25) is 0 Å². The van der Waals surface area contributed by atoms with Gasteiger partial charge in [0, 0.05) is 0 Å². The number of aliphatic hydroxyl groups excluding tert-OH is 3. The molecule has 0 saturated carbocycles. The van der Waals surface area contributed by atoms with Crippen molar-refractivity contribution in [2.45, 2.75) is 13.0 Å². The van der Waals surface area contributed by atoms with Crippen LogP contribution in [0.15, 0.2) is 30.3 Å². The molecule has 1 aromatic rings. The number of hydrogen-bond acceptors (Lipinski definition) is 3. The van der Waals surface area contributed by atoms with E-state index in [9.17, 15) is 0 Å². The third-order valence-corrected chi connectivity index (χ3v) is 1.38. The van der Waals surface area contributed by atoms with Crippen LogP contribution in [0.5, 0.6) is 0 Å². The second-order valence-electron chi connectivity index (χ2n) is 2.53. The van der Waals surface area contributed by atoms with E-state index < -0.39 is 0 Å². The molecule has 0 fully saturated rings. The summed E-state index contributed by atoms with van der Waals surface area (Å²) in [5, 5.41) is 24.3. The molecule has 0 aliphatic rings. The molecule has 3 nitrogen and oxygen atoms in total. The molecule has 3 heteroatoms. The van der Waals surface area contributed by atoms with Crippen LogP contribution >= 0.6 is 0 Å². The van der Waals surface area contributed by atoms with E-state index >= 15 is 0 Å². The largest absolute Gasteiger partial charge is 0.394 e. The Morgan fingerprint density at radius 2 is 1.54 bits per heavy atom. The molecule has 1 rings (SSSR count). The SMILES string of the molecule is CC(O)c1ccccc1.OCCO. The molecule has 0 aromatic heterocycles. The minimum atomic E-state index is -0.341. The molecule has 0 bridgehead atoms. The van der Waals surface area contributed by atoms with Crippen LogP contribution in [0.25, 0.3) is 0 Å². The molecule has 3 N–H and O–H groups in total. The predicted molar refractivity (Wildman–Crippen MR) is 51.2 cm³/mol. The van der Waals surface area contributed by atoms with Crippen molar-refractivity contribution in [3.05, 3.63) is 35.9 Å². The molecule has 0 aliphatic heterocycles. The number of benzene rings is 1. The summed E-state index contributed by atoms with van der Waals surface area (Å²) in [6, 6.07) is 9.59. The van der Waals surface area contributed by atoms with Gasteiger partial charge in [-0.05, 0) is 12.5 Å². The van der Waals surface area contributed by atoms with E-state index in [1.807, 2.05) is 30.3 Å². The third-order valence-electron chi connectivity index (χ3n) is 1.38.